The van der Waals surface area contributed by atoms with Gasteiger partial charge >= 0.3 is 11.9 Å². The number of piperazine rings is 1. The maximum atomic E-state index is 13.9. The molecule has 2 fully saturated rings. The highest BCUT2D eigenvalue weighted by molar-refractivity contribution is 7.89. The number of nitrogens with zero attached hydrogens (tertiary/aromatic N) is 3. The number of carbonyl (C=O) groups excluding carboxylic acids is 2. The Bertz CT molecular complexity index is 1380. The van der Waals surface area contributed by atoms with Gasteiger partial charge in [0.1, 0.15) is 18.2 Å². The van der Waals surface area contributed by atoms with E-state index in [2.05, 4.69) is 0 Å². The summed E-state index contributed by atoms with van der Waals surface area (Å²) in [6.07, 6.45) is -2.21. The lowest BCUT2D eigenvalue weighted by Gasteiger charge is -2.44. The standard InChI is InChI=1S/C26H28ClN3O8S/c1-16-2-4-17(5-3-16)14-21-25(35)28(13-12-24(33)34)15-22-29(21)26(36)20(10-11-23(31)32)30(22)39(37,38)19-8-6-18(27)7-9-19/h2-9,20-22H,10-15H2,1H3,(H,31,32)(H,33,34)/t20-,21-,22-/m0/s1. The van der Waals surface area contributed by atoms with Crippen LogP contribution in [0.2, 0.25) is 5.02 Å². The molecule has 0 radical (unpaired) electrons. The van der Waals surface area contributed by atoms with E-state index in [1.165, 1.54) is 34.1 Å². The zero-order chi connectivity index (χ0) is 28.5. The number of benzene rings is 2. The molecule has 0 unspecified atom stereocenters. The normalized spacial score (nSPS) is 21.7. The third kappa shape index (κ3) is 5.92. The summed E-state index contributed by atoms with van der Waals surface area (Å²) in [5.41, 5.74) is 1.72. The third-order valence-electron chi connectivity index (χ3n) is 6.94. The molecular weight excluding hydrogens is 550 g/mol. The summed E-state index contributed by atoms with van der Waals surface area (Å²) >= 11 is 5.94. The molecule has 2 heterocycles. The SMILES string of the molecule is Cc1ccc(C[C@H]2C(=O)N(CCC(=O)O)C[C@H]3N2C(=O)[C@H](CCC(=O)O)N3S(=O)(=O)c2ccc(Cl)cc2)cc1. The predicted molar refractivity (Wildman–Crippen MR) is 139 cm³/mol. The monoisotopic (exact) mass is 577 g/mol. The number of amides is 2. The lowest BCUT2D eigenvalue weighted by molar-refractivity contribution is -0.153. The molecule has 0 aromatic heterocycles. The molecule has 3 atom stereocenters. The van der Waals surface area contributed by atoms with Crippen molar-refractivity contribution < 1.29 is 37.8 Å². The van der Waals surface area contributed by atoms with Crippen molar-refractivity contribution in [1.29, 1.82) is 0 Å². The van der Waals surface area contributed by atoms with Crippen molar-refractivity contribution in [1.82, 2.24) is 14.1 Å². The van der Waals surface area contributed by atoms with Crippen LogP contribution in [-0.2, 0) is 35.6 Å². The number of aliphatic carboxylic acids is 2. The van der Waals surface area contributed by atoms with Crippen molar-refractivity contribution in [2.24, 2.45) is 0 Å². The van der Waals surface area contributed by atoms with Crippen LogP contribution in [-0.4, -0.2) is 87.8 Å². The van der Waals surface area contributed by atoms with Crippen LogP contribution in [0.4, 0.5) is 0 Å². The number of fused-ring (bicyclic) bond motifs is 1. The second-order valence-corrected chi connectivity index (χ2v) is 11.9. The van der Waals surface area contributed by atoms with Crippen LogP contribution < -0.4 is 0 Å². The van der Waals surface area contributed by atoms with Crippen molar-refractivity contribution in [3.63, 3.8) is 0 Å². The lowest BCUT2D eigenvalue weighted by atomic mass is 9.99. The molecule has 2 aromatic carbocycles. The summed E-state index contributed by atoms with van der Waals surface area (Å²) in [6.45, 7) is 1.47. The molecule has 39 heavy (non-hydrogen) atoms. The van der Waals surface area contributed by atoms with E-state index < -0.39 is 58.4 Å². The highest BCUT2D eigenvalue weighted by atomic mass is 35.5. The van der Waals surface area contributed by atoms with Crippen LogP contribution in [0.25, 0.3) is 0 Å². The van der Waals surface area contributed by atoms with Crippen molar-refractivity contribution >= 4 is 45.4 Å². The van der Waals surface area contributed by atoms with Crippen molar-refractivity contribution in [2.75, 3.05) is 13.1 Å². The molecule has 0 aliphatic carbocycles. The van der Waals surface area contributed by atoms with E-state index in [1.807, 2.05) is 19.1 Å². The smallest absolute Gasteiger partial charge is 0.305 e. The highest BCUT2D eigenvalue weighted by Gasteiger charge is 2.58. The first-order chi connectivity index (χ1) is 18.4. The van der Waals surface area contributed by atoms with Crippen LogP contribution in [0, 0.1) is 6.92 Å². The highest BCUT2D eigenvalue weighted by Crippen LogP contribution is 2.37. The number of carboxylic acid groups (broad SMARTS) is 2. The largest absolute Gasteiger partial charge is 0.481 e. The van der Waals surface area contributed by atoms with E-state index >= 15 is 0 Å². The van der Waals surface area contributed by atoms with E-state index in [1.54, 1.807) is 12.1 Å². The topological polar surface area (TPSA) is 153 Å². The Kier molecular flexibility index (Phi) is 8.28. The maximum absolute atomic E-state index is 13.9. The Morgan fingerprint density at radius 1 is 0.923 bits per heavy atom. The minimum atomic E-state index is -4.36. The van der Waals surface area contributed by atoms with Gasteiger partial charge in [0.15, 0.2) is 0 Å². The molecule has 13 heteroatoms. The Hall–Kier alpha value is -3.48. The molecule has 2 aliphatic rings. The van der Waals surface area contributed by atoms with Gasteiger partial charge in [-0.25, -0.2) is 8.42 Å². The van der Waals surface area contributed by atoms with Crippen molar-refractivity contribution in [3.05, 3.63) is 64.7 Å². The number of carboxylic acids is 2. The first-order valence-corrected chi connectivity index (χ1v) is 14.1. The fraction of sp³-hybridized carbons (Fsp3) is 0.385. The van der Waals surface area contributed by atoms with E-state index in [0.29, 0.717) is 5.02 Å². The Balaban J connectivity index is 1.80. The van der Waals surface area contributed by atoms with Crippen LogP contribution in [0.1, 0.15) is 30.4 Å². The number of aryl methyl sites for hydroxylation is 1. The molecule has 0 spiro atoms. The van der Waals surface area contributed by atoms with Crippen molar-refractivity contribution in [3.8, 4) is 0 Å². The van der Waals surface area contributed by atoms with Gasteiger partial charge in [-0.3, -0.25) is 19.2 Å². The summed E-state index contributed by atoms with van der Waals surface area (Å²) in [4.78, 5) is 52.5. The Morgan fingerprint density at radius 3 is 2.13 bits per heavy atom. The van der Waals surface area contributed by atoms with Gasteiger partial charge in [-0.1, -0.05) is 41.4 Å². The summed E-state index contributed by atoms with van der Waals surface area (Å²) in [7, 11) is -4.36. The Morgan fingerprint density at radius 2 is 1.54 bits per heavy atom. The molecule has 2 amide bonds. The minimum absolute atomic E-state index is 0.0748. The zero-order valence-electron chi connectivity index (χ0n) is 21.1. The molecular formula is C26H28ClN3O8S. The number of rotatable bonds is 10. The van der Waals surface area contributed by atoms with E-state index in [0.717, 1.165) is 15.4 Å². The predicted octanol–water partition coefficient (Wildman–Crippen LogP) is 1.97. The van der Waals surface area contributed by atoms with Gasteiger partial charge in [0.25, 0.3) is 0 Å². The van der Waals surface area contributed by atoms with Crippen LogP contribution in [0.5, 0.6) is 0 Å². The first-order valence-electron chi connectivity index (χ1n) is 12.3. The van der Waals surface area contributed by atoms with Gasteiger partial charge in [0.2, 0.25) is 21.8 Å². The zero-order valence-corrected chi connectivity index (χ0v) is 22.6. The average molecular weight is 578 g/mol. The summed E-state index contributed by atoms with van der Waals surface area (Å²) < 4.78 is 28.8. The fourth-order valence-corrected chi connectivity index (χ4v) is 6.91. The van der Waals surface area contributed by atoms with Gasteiger partial charge in [-0.05, 0) is 43.2 Å². The molecule has 0 bridgehead atoms. The summed E-state index contributed by atoms with van der Waals surface area (Å²) in [5.74, 6) is -3.49. The van der Waals surface area contributed by atoms with Gasteiger partial charge in [0, 0.05) is 24.4 Å². The molecule has 4 rings (SSSR count). The maximum Gasteiger partial charge on any atom is 0.305 e. The molecule has 11 nitrogen and oxygen atoms in total. The van der Waals surface area contributed by atoms with Gasteiger partial charge in [0.05, 0.1) is 17.9 Å². The van der Waals surface area contributed by atoms with Crippen LogP contribution in [0.15, 0.2) is 53.4 Å². The number of hydrogen-bond acceptors (Lipinski definition) is 6. The molecule has 2 saturated heterocycles. The molecule has 2 N–H and O–H groups in total. The molecule has 0 saturated carbocycles. The van der Waals surface area contributed by atoms with Crippen LogP contribution >= 0.6 is 11.6 Å². The molecule has 2 aliphatic heterocycles. The quantitative estimate of drug-likeness (QED) is 0.435. The van der Waals surface area contributed by atoms with E-state index in [9.17, 15) is 37.8 Å². The molecule has 208 valence electrons. The van der Waals surface area contributed by atoms with Crippen LogP contribution in [0.3, 0.4) is 0 Å². The first kappa shape index (κ1) is 28.5. The van der Waals surface area contributed by atoms with Gasteiger partial charge in [-0.2, -0.15) is 4.31 Å². The number of halogens is 1. The second-order valence-electron chi connectivity index (χ2n) is 9.60. The van der Waals surface area contributed by atoms with Gasteiger partial charge < -0.3 is 20.0 Å². The lowest BCUT2D eigenvalue weighted by Crippen LogP contribution is -2.64. The summed E-state index contributed by atoms with van der Waals surface area (Å²) in [5, 5.41) is 18.8. The van der Waals surface area contributed by atoms with E-state index in [4.69, 9.17) is 11.6 Å². The number of sulfonamides is 1. The van der Waals surface area contributed by atoms with Crippen molar-refractivity contribution in [2.45, 2.75) is 55.8 Å². The van der Waals surface area contributed by atoms with Gasteiger partial charge in [-0.15, -0.1) is 0 Å². The Labute approximate surface area is 230 Å². The minimum Gasteiger partial charge on any atom is -0.481 e. The number of hydrogen-bond donors (Lipinski definition) is 2. The second kappa shape index (κ2) is 11.3. The fourth-order valence-electron chi connectivity index (χ4n) is 5.04. The number of carbonyl (C=O) groups is 4. The molecule has 2 aromatic rings. The summed E-state index contributed by atoms with van der Waals surface area (Å²) in [6, 6.07) is 10.2. The average Bonchev–Trinajstić information content (AvgIpc) is 3.16. The van der Waals surface area contributed by atoms with E-state index in [-0.39, 0.29) is 37.2 Å². The third-order valence-corrected chi connectivity index (χ3v) is 9.12.